The lowest BCUT2D eigenvalue weighted by atomic mass is 9.69. The number of hydrogen-bond donors (Lipinski definition) is 1. The second-order valence-electron chi connectivity index (χ2n) is 14.1. The zero-order valence-corrected chi connectivity index (χ0v) is 28.4. The summed E-state index contributed by atoms with van der Waals surface area (Å²) in [5, 5.41) is 24.8. The van der Waals surface area contributed by atoms with E-state index in [1.54, 1.807) is 12.5 Å². The van der Waals surface area contributed by atoms with Gasteiger partial charge in [0.2, 0.25) is 5.88 Å². The van der Waals surface area contributed by atoms with Crippen LogP contribution in [-0.4, -0.2) is 79.2 Å². The van der Waals surface area contributed by atoms with Crippen molar-refractivity contribution in [2.45, 2.75) is 95.0 Å². The van der Waals surface area contributed by atoms with Crippen LogP contribution in [0.25, 0.3) is 22.3 Å². The van der Waals surface area contributed by atoms with E-state index in [0.717, 1.165) is 53.8 Å². The Labute approximate surface area is 278 Å². The molecule has 2 fully saturated rings. The fourth-order valence-corrected chi connectivity index (χ4v) is 7.36. The third-order valence-electron chi connectivity index (χ3n) is 9.38. The number of hydrogen-bond acceptors (Lipinski definition) is 9. The number of nitrogens with zero attached hydrogens (tertiary/aromatic N) is 8. The van der Waals surface area contributed by atoms with Crippen molar-refractivity contribution in [2.75, 3.05) is 19.7 Å². The molecule has 0 unspecified atom stereocenters. The molecule has 0 aromatic carbocycles. The van der Waals surface area contributed by atoms with Crippen molar-refractivity contribution in [1.82, 2.24) is 34.2 Å². The predicted molar refractivity (Wildman–Crippen MR) is 174 cm³/mol. The molecule has 2 aliphatic rings. The molecule has 0 bridgehead atoms. The molecule has 6 rings (SSSR count). The van der Waals surface area contributed by atoms with Gasteiger partial charge in [0, 0.05) is 63.2 Å². The number of likely N-dealkylation sites (tertiary alicyclic amines) is 1. The summed E-state index contributed by atoms with van der Waals surface area (Å²) >= 11 is 0. The summed E-state index contributed by atoms with van der Waals surface area (Å²) in [5.41, 5.74) is 1.02. The molecule has 1 saturated carbocycles. The van der Waals surface area contributed by atoms with E-state index in [0.29, 0.717) is 39.1 Å². The van der Waals surface area contributed by atoms with Gasteiger partial charge in [-0.2, -0.15) is 23.5 Å². The van der Waals surface area contributed by atoms with Crippen molar-refractivity contribution < 1.29 is 27.8 Å². The second kappa shape index (κ2) is 13.6. The summed E-state index contributed by atoms with van der Waals surface area (Å²) in [5.74, 6) is -0.123. The Hall–Kier alpha value is -3.84. The quantitative estimate of drug-likeness (QED) is 0.145. The molecule has 4 aromatic heterocycles. The Kier molecular flexibility index (Phi) is 9.63. The molecule has 0 spiro atoms. The highest BCUT2D eigenvalue weighted by Crippen LogP contribution is 2.46. The van der Waals surface area contributed by atoms with Gasteiger partial charge >= 0.3 is 6.18 Å². The molecule has 256 valence electrons. The van der Waals surface area contributed by atoms with Crippen LogP contribution in [0.2, 0.25) is 25.7 Å². The van der Waals surface area contributed by atoms with Crippen molar-refractivity contribution in [3.8, 4) is 23.2 Å². The highest BCUT2D eigenvalue weighted by molar-refractivity contribution is 6.76. The van der Waals surface area contributed by atoms with Crippen LogP contribution in [0.1, 0.15) is 43.4 Å². The zero-order chi connectivity index (χ0) is 34.1. The Morgan fingerprint density at radius 3 is 2.60 bits per heavy atom. The number of aliphatic hydroxyl groups excluding tert-OH is 1. The number of ether oxygens (including phenoxy) is 2. The van der Waals surface area contributed by atoms with E-state index in [4.69, 9.17) is 14.6 Å². The van der Waals surface area contributed by atoms with E-state index in [1.807, 2.05) is 27.7 Å². The minimum atomic E-state index is -4.63. The molecule has 0 atom stereocenters. The van der Waals surface area contributed by atoms with Crippen LogP contribution < -0.4 is 4.74 Å². The lowest BCUT2D eigenvalue weighted by Crippen LogP contribution is -2.58. The molecule has 0 radical (unpaired) electrons. The molecule has 0 amide bonds. The lowest BCUT2D eigenvalue weighted by molar-refractivity contribution is -0.141. The molecular formula is C33H41F3N8O3Si. The van der Waals surface area contributed by atoms with Crippen LogP contribution in [0.3, 0.4) is 0 Å². The van der Waals surface area contributed by atoms with E-state index in [2.05, 4.69) is 45.6 Å². The van der Waals surface area contributed by atoms with Gasteiger partial charge in [0.25, 0.3) is 0 Å². The third-order valence-corrected chi connectivity index (χ3v) is 11.1. The summed E-state index contributed by atoms with van der Waals surface area (Å²) in [4.78, 5) is 15.1. The van der Waals surface area contributed by atoms with E-state index in [9.17, 15) is 23.5 Å². The first kappa shape index (κ1) is 34.0. The monoisotopic (exact) mass is 682 g/mol. The van der Waals surface area contributed by atoms with Crippen molar-refractivity contribution >= 4 is 19.1 Å². The fraction of sp³-hybridized carbons (Fsp3) is 0.545. The highest BCUT2D eigenvalue weighted by atomic mass is 28.3. The van der Waals surface area contributed by atoms with E-state index in [-0.39, 0.29) is 23.6 Å². The van der Waals surface area contributed by atoms with Gasteiger partial charge in [-0.05, 0) is 49.4 Å². The van der Waals surface area contributed by atoms with Gasteiger partial charge in [0.05, 0.1) is 36.5 Å². The second-order valence-corrected chi connectivity index (χ2v) is 19.7. The number of nitriles is 1. The molecule has 1 saturated heterocycles. The van der Waals surface area contributed by atoms with Crippen molar-refractivity contribution in [3.05, 3.63) is 54.4 Å². The van der Waals surface area contributed by atoms with Gasteiger partial charge < -0.3 is 19.1 Å². The largest absolute Gasteiger partial charge is 0.474 e. The SMILES string of the molecule is C[Si](C)(C)CCOCn1ccc2c(-c3cnn([C@]4(CC#N)C[C@@H](N5CCC(Oc6cc(CO)cc(C(F)(F)F)n6)CC5)C4)c3)ncnc21. The number of fused-ring (bicyclic) bond motifs is 1. The molecule has 48 heavy (non-hydrogen) atoms. The average Bonchev–Trinajstić information content (AvgIpc) is 3.68. The Morgan fingerprint density at radius 2 is 1.92 bits per heavy atom. The summed E-state index contributed by atoms with van der Waals surface area (Å²) in [6.45, 7) is 9.02. The van der Waals surface area contributed by atoms with Crippen molar-refractivity contribution in [3.63, 3.8) is 0 Å². The molecule has 4 aromatic rings. The minimum absolute atomic E-state index is 0.107. The number of rotatable bonds is 12. The van der Waals surface area contributed by atoms with Crippen LogP contribution >= 0.6 is 0 Å². The first-order valence-electron chi connectivity index (χ1n) is 16.3. The summed E-state index contributed by atoms with van der Waals surface area (Å²) in [6, 6.07) is 7.89. The Bertz CT molecular complexity index is 1770. The molecular weight excluding hydrogens is 641 g/mol. The van der Waals surface area contributed by atoms with Crippen molar-refractivity contribution in [1.29, 1.82) is 5.26 Å². The van der Waals surface area contributed by atoms with Gasteiger partial charge in [-0.15, -0.1) is 0 Å². The maximum absolute atomic E-state index is 13.3. The maximum atomic E-state index is 13.3. The number of piperidine rings is 1. The van der Waals surface area contributed by atoms with Gasteiger partial charge in [0.15, 0.2) is 0 Å². The average molecular weight is 683 g/mol. The number of aromatic nitrogens is 6. The highest BCUT2D eigenvalue weighted by Gasteiger charge is 2.49. The standard InChI is InChI=1S/C33H41F3N8O3Si/c1-48(2,3)13-12-46-22-43-11-6-27-30(38-21-39-31(27)43)24-18-40-44(19-24)32(7-8-37)16-25(17-32)42-9-4-26(5-10-42)47-29-15-23(20-45)14-28(41-29)33(34,35)36/h6,11,14-15,18-19,21,25-26,45H,4-5,7,9-10,12-13,16-17,20,22H2,1-3H3/t25-,32-. The number of aliphatic hydroxyl groups is 1. The van der Waals surface area contributed by atoms with Gasteiger partial charge in [-0.3, -0.25) is 9.58 Å². The molecule has 1 N–H and O–H groups in total. The van der Waals surface area contributed by atoms with Crippen LogP contribution in [0.5, 0.6) is 5.88 Å². The van der Waals surface area contributed by atoms with Gasteiger partial charge in [-0.1, -0.05) is 19.6 Å². The number of pyridine rings is 1. The number of halogens is 3. The third kappa shape index (κ3) is 7.41. The Balaban J connectivity index is 1.08. The summed E-state index contributed by atoms with van der Waals surface area (Å²) in [6.07, 6.45) is 5.48. The van der Waals surface area contributed by atoms with Gasteiger partial charge in [-0.25, -0.2) is 15.0 Å². The molecule has 1 aliphatic heterocycles. The van der Waals surface area contributed by atoms with Crippen LogP contribution in [-0.2, 0) is 29.8 Å². The normalized spacial score (nSPS) is 20.9. The molecule has 5 heterocycles. The van der Waals surface area contributed by atoms with Crippen LogP contribution in [0.15, 0.2) is 43.1 Å². The lowest BCUT2D eigenvalue weighted by Gasteiger charge is -2.52. The van der Waals surface area contributed by atoms with Crippen LogP contribution in [0, 0.1) is 11.3 Å². The smallest absolute Gasteiger partial charge is 0.433 e. The first-order valence-corrected chi connectivity index (χ1v) is 20.0. The minimum Gasteiger partial charge on any atom is -0.474 e. The summed E-state index contributed by atoms with van der Waals surface area (Å²) < 4.78 is 55.5. The molecule has 11 nitrogen and oxygen atoms in total. The predicted octanol–water partition coefficient (Wildman–Crippen LogP) is 5.83. The van der Waals surface area contributed by atoms with E-state index in [1.165, 1.54) is 6.07 Å². The van der Waals surface area contributed by atoms with E-state index < -0.39 is 32.1 Å². The topological polar surface area (TPSA) is 127 Å². The maximum Gasteiger partial charge on any atom is 0.433 e. The van der Waals surface area contributed by atoms with Crippen LogP contribution in [0.4, 0.5) is 13.2 Å². The fourth-order valence-electron chi connectivity index (χ4n) is 6.60. The molecule has 15 heteroatoms. The number of alkyl halides is 3. The summed E-state index contributed by atoms with van der Waals surface area (Å²) in [7, 11) is -1.18. The first-order chi connectivity index (χ1) is 22.9. The van der Waals surface area contributed by atoms with Gasteiger partial charge in [0.1, 0.15) is 30.5 Å². The molecule has 1 aliphatic carbocycles. The van der Waals surface area contributed by atoms with E-state index >= 15 is 0 Å². The van der Waals surface area contributed by atoms with Crippen molar-refractivity contribution in [2.24, 2.45) is 0 Å². The zero-order valence-electron chi connectivity index (χ0n) is 27.4. The Morgan fingerprint density at radius 1 is 1.15 bits per heavy atom.